The van der Waals surface area contributed by atoms with E-state index < -0.39 is 39.9 Å². The molecule has 0 saturated carbocycles. The molecule has 1 aliphatic heterocycles. The molecule has 4 N–H and O–H groups in total. The molecular weight excluding hydrogens is 497 g/mol. The summed E-state index contributed by atoms with van der Waals surface area (Å²) < 4.78 is 41.2. The number of halogens is 1. The van der Waals surface area contributed by atoms with Crippen LogP contribution in [0.5, 0.6) is 0 Å². The van der Waals surface area contributed by atoms with E-state index >= 15 is 0 Å². The summed E-state index contributed by atoms with van der Waals surface area (Å²) >= 11 is 0. The molecule has 0 radical (unpaired) electrons. The summed E-state index contributed by atoms with van der Waals surface area (Å²) in [7, 11) is -3.70. The van der Waals surface area contributed by atoms with E-state index in [1.807, 2.05) is 30.3 Å². The van der Waals surface area contributed by atoms with Gasteiger partial charge in [0.05, 0.1) is 6.54 Å². The van der Waals surface area contributed by atoms with Crippen LogP contribution in [0.1, 0.15) is 32.8 Å². The molecular formula is C26H36FN5O4S. The van der Waals surface area contributed by atoms with E-state index in [9.17, 15) is 22.4 Å². The largest absolute Gasteiger partial charge is 0.350 e. The van der Waals surface area contributed by atoms with E-state index in [0.717, 1.165) is 5.56 Å². The zero-order chi connectivity index (χ0) is 27.2. The lowest BCUT2D eigenvalue weighted by molar-refractivity contribution is -0.122. The fourth-order valence-corrected chi connectivity index (χ4v) is 6.08. The van der Waals surface area contributed by atoms with Gasteiger partial charge in [0.15, 0.2) is 0 Å². The number of anilines is 1. The topological polar surface area (TPSA) is 125 Å². The normalized spacial score (nSPS) is 18.3. The van der Waals surface area contributed by atoms with Gasteiger partial charge in [-0.05, 0) is 56.5 Å². The molecule has 11 heteroatoms. The van der Waals surface area contributed by atoms with Gasteiger partial charge in [-0.25, -0.2) is 4.39 Å². The Hall–Kier alpha value is -2.86. The van der Waals surface area contributed by atoms with Crippen molar-refractivity contribution in [3.05, 3.63) is 66.0 Å². The average molecular weight is 534 g/mol. The zero-order valence-corrected chi connectivity index (χ0v) is 22.2. The Morgan fingerprint density at radius 3 is 2.27 bits per heavy atom. The van der Waals surface area contributed by atoms with E-state index in [4.69, 9.17) is 5.73 Å². The smallest absolute Gasteiger partial charge is 0.282 e. The summed E-state index contributed by atoms with van der Waals surface area (Å²) in [4.78, 5) is 25.7. The minimum Gasteiger partial charge on any atom is -0.350 e. The molecule has 1 fully saturated rings. The number of nitrogens with zero attached hydrogens (tertiary/aromatic N) is 2. The van der Waals surface area contributed by atoms with Gasteiger partial charge in [-0.1, -0.05) is 37.3 Å². The van der Waals surface area contributed by atoms with Gasteiger partial charge in [-0.2, -0.15) is 17.0 Å². The van der Waals surface area contributed by atoms with Gasteiger partial charge < -0.3 is 16.4 Å². The lowest BCUT2D eigenvalue weighted by atomic mass is 9.92. The van der Waals surface area contributed by atoms with E-state index in [1.54, 1.807) is 20.8 Å². The second kappa shape index (κ2) is 12.6. The molecule has 0 unspecified atom stereocenters. The zero-order valence-electron chi connectivity index (χ0n) is 21.4. The highest BCUT2D eigenvalue weighted by atomic mass is 32.2. The molecule has 2 amide bonds. The van der Waals surface area contributed by atoms with Gasteiger partial charge >= 0.3 is 0 Å². The lowest BCUT2D eigenvalue weighted by Gasteiger charge is -2.28. The summed E-state index contributed by atoms with van der Waals surface area (Å²) in [5.74, 6) is -1.61. The molecule has 1 saturated heterocycles. The molecule has 9 nitrogen and oxygen atoms in total. The molecule has 2 aromatic carbocycles. The number of nitrogens with two attached hydrogens (primary N) is 1. The first-order chi connectivity index (χ1) is 17.5. The number of benzene rings is 2. The Morgan fingerprint density at radius 1 is 1.03 bits per heavy atom. The third-order valence-corrected chi connectivity index (χ3v) is 8.60. The van der Waals surface area contributed by atoms with Crippen molar-refractivity contribution in [2.45, 2.75) is 51.7 Å². The number of rotatable bonds is 11. The third-order valence-electron chi connectivity index (χ3n) is 6.44. The van der Waals surface area contributed by atoms with Crippen molar-refractivity contribution in [1.29, 1.82) is 0 Å². The van der Waals surface area contributed by atoms with Gasteiger partial charge in [0, 0.05) is 42.8 Å². The monoisotopic (exact) mass is 533 g/mol. The Labute approximate surface area is 218 Å². The highest BCUT2D eigenvalue weighted by Crippen LogP contribution is 2.19. The van der Waals surface area contributed by atoms with Crippen LogP contribution < -0.4 is 16.4 Å². The van der Waals surface area contributed by atoms with Gasteiger partial charge in [0.1, 0.15) is 5.82 Å². The first-order valence-corrected chi connectivity index (χ1v) is 13.8. The minimum absolute atomic E-state index is 0.195. The van der Waals surface area contributed by atoms with Gasteiger partial charge in [0.25, 0.3) is 10.2 Å². The lowest BCUT2D eigenvalue weighted by Crippen LogP contribution is -2.52. The van der Waals surface area contributed by atoms with Crippen molar-refractivity contribution in [2.75, 3.05) is 25.0 Å². The summed E-state index contributed by atoms with van der Waals surface area (Å²) in [6, 6.07) is 13.7. The SMILES string of the molecule is CC(C)N1CCN(CC(=O)N[C@@H](Cc2ccccc2)[C@@H](N)C[C@@H](C)C(=O)Nc2ccc(F)cc2)S1(=O)=O. The summed E-state index contributed by atoms with van der Waals surface area (Å²) in [6.45, 7) is 5.60. The second-order valence-corrected chi connectivity index (χ2v) is 11.6. The number of hydrogen-bond acceptors (Lipinski definition) is 5. The van der Waals surface area contributed by atoms with Crippen LogP contribution in [-0.4, -0.2) is 66.6 Å². The molecule has 1 heterocycles. The van der Waals surface area contributed by atoms with E-state index in [1.165, 1.54) is 32.9 Å². The molecule has 3 rings (SSSR count). The van der Waals surface area contributed by atoms with Gasteiger partial charge in [0.2, 0.25) is 11.8 Å². The van der Waals surface area contributed by atoms with E-state index in [0.29, 0.717) is 18.7 Å². The Kier molecular flexibility index (Phi) is 9.77. The maximum absolute atomic E-state index is 13.1. The molecule has 0 spiro atoms. The molecule has 0 bridgehead atoms. The minimum atomic E-state index is -3.70. The summed E-state index contributed by atoms with van der Waals surface area (Å²) in [5, 5.41) is 5.66. The maximum atomic E-state index is 13.1. The van der Waals surface area contributed by atoms with Crippen LogP contribution in [0.3, 0.4) is 0 Å². The number of nitrogens with one attached hydrogen (secondary N) is 2. The highest BCUT2D eigenvalue weighted by molar-refractivity contribution is 7.87. The average Bonchev–Trinajstić information content (AvgIpc) is 3.14. The van der Waals surface area contributed by atoms with Crippen molar-refractivity contribution >= 4 is 27.7 Å². The Balaban J connectivity index is 1.66. The Bertz CT molecular complexity index is 1160. The van der Waals surface area contributed by atoms with Crippen LogP contribution in [-0.2, 0) is 26.2 Å². The standard InChI is InChI=1S/C26H36FN5O4S/c1-18(2)32-14-13-31(37(32,35)36)17-25(33)30-24(16-20-7-5-4-6-8-20)23(28)15-19(3)26(34)29-22-11-9-21(27)10-12-22/h4-12,18-19,23-24H,13-17,28H2,1-3H3,(H,29,34)(H,30,33)/t19-,23+,24+/m1/s1. The van der Waals surface area contributed by atoms with Crippen LogP contribution >= 0.6 is 0 Å². The number of hydrogen-bond donors (Lipinski definition) is 3. The van der Waals surface area contributed by atoms with E-state index in [-0.39, 0.29) is 31.5 Å². The van der Waals surface area contributed by atoms with Crippen LogP contribution in [0.25, 0.3) is 0 Å². The fraction of sp³-hybridized carbons (Fsp3) is 0.462. The fourth-order valence-electron chi connectivity index (χ4n) is 4.34. The van der Waals surface area contributed by atoms with Crippen LogP contribution in [0, 0.1) is 11.7 Å². The quantitative estimate of drug-likeness (QED) is 0.408. The molecule has 3 atom stereocenters. The molecule has 37 heavy (non-hydrogen) atoms. The molecule has 0 aliphatic carbocycles. The Morgan fingerprint density at radius 2 is 1.68 bits per heavy atom. The number of amides is 2. The van der Waals surface area contributed by atoms with Crippen LogP contribution in [0.2, 0.25) is 0 Å². The molecule has 2 aromatic rings. The van der Waals surface area contributed by atoms with Crippen molar-refractivity contribution in [1.82, 2.24) is 13.9 Å². The first kappa shape index (κ1) is 28.7. The molecule has 0 aromatic heterocycles. The second-order valence-electron chi connectivity index (χ2n) is 9.71. The number of carbonyl (C=O) groups excluding carboxylic acids is 2. The van der Waals surface area contributed by atoms with E-state index in [2.05, 4.69) is 10.6 Å². The van der Waals surface area contributed by atoms with Crippen LogP contribution in [0.4, 0.5) is 10.1 Å². The van der Waals surface area contributed by atoms with Crippen molar-refractivity contribution in [3.63, 3.8) is 0 Å². The van der Waals surface area contributed by atoms with Crippen LogP contribution in [0.15, 0.2) is 54.6 Å². The third kappa shape index (κ3) is 7.81. The van der Waals surface area contributed by atoms with Gasteiger partial charge in [-0.3, -0.25) is 9.59 Å². The predicted octanol–water partition coefficient (Wildman–Crippen LogP) is 2.12. The number of carbonyl (C=O) groups is 2. The summed E-state index contributed by atoms with van der Waals surface area (Å²) in [6.07, 6.45) is 0.693. The highest BCUT2D eigenvalue weighted by Gasteiger charge is 2.39. The molecule has 202 valence electrons. The van der Waals surface area contributed by atoms with Crippen molar-refractivity contribution < 1.29 is 22.4 Å². The van der Waals surface area contributed by atoms with Crippen molar-refractivity contribution in [2.24, 2.45) is 11.7 Å². The summed E-state index contributed by atoms with van der Waals surface area (Å²) in [5.41, 5.74) is 7.93. The predicted molar refractivity (Wildman–Crippen MR) is 141 cm³/mol. The maximum Gasteiger partial charge on any atom is 0.282 e. The molecule has 1 aliphatic rings. The van der Waals surface area contributed by atoms with Gasteiger partial charge in [-0.15, -0.1) is 0 Å². The van der Waals surface area contributed by atoms with Crippen molar-refractivity contribution in [3.8, 4) is 0 Å². The first-order valence-electron chi connectivity index (χ1n) is 12.4.